The predicted octanol–water partition coefficient (Wildman–Crippen LogP) is 4.09. The van der Waals surface area contributed by atoms with Crippen LogP contribution in [0.15, 0.2) is 24.3 Å². The van der Waals surface area contributed by atoms with Crippen molar-refractivity contribution < 1.29 is 8.85 Å². The van der Waals surface area contributed by atoms with Crippen LogP contribution in [0.25, 0.3) is 0 Å². The average molecular weight is 331 g/mol. The van der Waals surface area contributed by atoms with E-state index in [9.17, 15) is 0 Å². The van der Waals surface area contributed by atoms with Gasteiger partial charge >= 0.3 is 0 Å². The molecule has 118 valence electrons. The van der Waals surface area contributed by atoms with Crippen LogP contribution in [0.5, 0.6) is 0 Å². The number of hydrogen-bond acceptors (Lipinski definition) is 2. The van der Waals surface area contributed by atoms with Crippen LogP contribution in [0.4, 0.5) is 0 Å². The third-order valence-electron chi connectivity index (χ3n) is 2.53. The van der Waals surface area contributed by atoms with Crippen molar-refractivity contribution in [3.05, 3.63) is 35.4 Å². The molecule has 0 saturated carbocycles. The highest BCUT2D eigenvalue weighted by Crippen LogP contribution is 2.06. The normalized spacial score (nSPS) is 11.2. The third kappa shape index (κ3) is 8.87. The van der Waals surface area contributed by atoms with Crippen LogP contribution in [0, 0.1) is 23.7 Å². The van der Waals surface area contributed by atoms with Crippen molar-refractivity contribution in [1.82, 2.24) is 0 Å². The van der Waals surface area contributed by atoms with Crippen molar-refractivity contribution in [3.8, 4) is 23.7 Å². The van der Waals surface area contributed by atoms with Crippen molar-refractivity contribution >= 4 is 16.6 Å². The van der Waals surface area contributed by atoms with Crippen LogP contribution in [-0.2, 0) is 8.85 Å². The molecule has 1 aromatic carbocycles. The lowest BCUT2D eigenvalue weighted by molar-refractivity contribution is 0.364. The third-order valence-corrected chi connectivity index (χ3v) is 4.55. The van der Waals surface area contributed by atoms with E-state index in [4.69, 9.17) is 8.85 Å². The van der Waals surface area contributed by atoms with E-state index in [0.717, 1.165) is 11.1 Å². The first-order chi connectivity index (χ1) is 10.2. The zero-order chi connectivity index (χ0) is 16.6. The zero-order valence-corrected chi connectivity index (χ0v) is 16.5. The average Bonchev–Trinajstić information content (AvgIpc) is 2.39. The van der Waals surface area contributed by atoms with E-state index in [1.54, 1.807) is 0 Å². The van der Waals surface area contributed by atoms with E-state index in [2.05, 4.69) is 63.0 Å². The number of benzene rings is 1. The van der Waals surface area contributed by atoms with Crippen LogP contribution >= 0.6 is 0 Å². The molecule has 0 amide bonds. The molecule has 2 nitrogen and oxygen atoms in total. The minimum absolute atomic E-state index is 0.482. The van der Waals surface area contributed by atoms with E-state index in [1.165, 1.54) is 0 Å². The smallest absolute Gasteiger partial charge is 0.185 e. The lowest BCUT2D eigenvalue weighted by Gasteiger charge is -2.14. The molecule has 0 heterocycles. The fourth-order valence-electron chi connectivity index (χ4n) is 1.47. The van der Waals surface area contributed by atoms with Gasteiger partial charge in [-0.2, -0.15) is 0 Å². The molecule has 0 bridgehead atoms. The van der Waals surface area contributed by atoms with Crippen molar-refractivity contribution in [2.45, 2.75) is 39.3 Å². The summed E-state index contributed by atoms with van der Waals surface area (Å²) >= 11 is 0. The number of hydrogen-bond donors (Lipinski definition) is 0. The summed E-state index contributed by atoms with van der Waals surface area (Å²) in [6, 6.07) is 7.94. The van der Waals surface area contributed by atoms with Gasteiger partial charge in [0.25, 0.3) is 0 Å². The van der Waals surface area contributed by atoms with Crippen molar-refractivity contribution in [2.75, 3.05) is 13.2 Å². The maximum Gasteiger partial charge on any atom is 0.185 e. The summed E-state index contributed by atoms with van der Waals surface area (Å²) in [5.41, 5.74) is 1.89. The molecule has 0 fully saturated rings. The Balaban J connectivity index is 2.71. The number of rotatable bonds is 4. The van der Waals surface area contributed by atoms with Crippen LogP contribution in [0.1, 0.15) is 11.1 Å². The topological polar surface area (TPSA) is 18.5 Å². The summed E-state index contributed by atoms with van der Waals surface area (Å²) in [7, 11) is -2.99. The van der Waals surface area contributed by atoms with Crippen molar-refractivity contribution in [1.29, 1.82) is 0 Å². The minimum Gasteiger partial charge on any atom is -0.407 e. The molecule has 0 saturated heterocycles. The monoisotopic (exact) mass is 330 g/mol. The molecule has 0 aliphatic heterocycles. The van der Waals surface area contributed by atoms with Crippen LogP contribution in [-0.4, -0.2) is 29.8 Å². The van der Waals surface area contributed by atoms with Crippen molar-refractivity contribution in [2.24, 2.45) is 0 Å². The van der Waals surface area contributed by atoms with E-state index in [1.807, 2.05) is 24.3 Å². The summed E-state index contributed by atoms with van der Waals surface area (Å²) in [5, 5.41) is 0. The predicted molar refractivity (Wildman–Crippen MR) is 98.8 cm³/mol. The van der Waals surface area contributed by atoms with Gasteiger partial charge in [0.2, 0.25) is 0 Å². The molecule has 0 atom stereocenters. The van der Waals surface area contributed by atoms with Gasteiger partial charge in [-0.25, -0.2) is 0 Å². The Morgan fingerprint density at radius 3 is 1.41 bits per heavy atom. The van der Waals surface area contributed by atoms with Gasteiger partial charge in [-0.3, -0.25) is 0 Å². The lowest BCUT2D eigenvalue weighted by atomic mass is 10.1. The first kappa shape index (κ1) is 18.7. The molecule has 22 heavy (non-hydrogen) atoms. The molecule has 0 aromatic heterocycles. The molecule has 4 heteroatoms. The fourth-order valence-corrected chi connectivity index (χ4v) is 2.48. The molecular weight excluding hydrogens is 304 g/mol. The molecule has 0 aliphatic rings. The van der Waals surface area contributed by atoms with Gasteiger partial charge in [0.05, 0.1) is 13.2 Å². The summed E-state index contributed by atoms with van der Waals surface area (Å²) < 4.78 is 11.5. The van der Waals surface area contributed by atoms with Crippen LogP contribution in [0.2, 0.25) is 39.3 Å². The van der Waals surface area contributed by atoms with Gasteiger partial charge in [0.1, 0.15) is 0 Å². The Bertz CT molecular complexity index is 547. The van der Waals surface area contributed by atoms with Crippen molar-refractivity contribution in [3.63, 3.8) is 0 Å². The second-order valence-corrected chi connectivity index (χ2v) is 16.0. The van der Waals surface area contributed by atoms with Gasteiger partial charge in [-0.1, -0.05) is 35.8 Å². The Morgan fingerprint density at radius 1 is 0.727 bits per heavy atom. The van der Waals surface area contributed by atoms with Gasteiger partial charge < -0.3 is 8.85 Å². The summed E-state index contributed by atoms with van der Waals surface area (Å²) in [6.45, 7) is 13.9. The van der Waals surface area contributed by atoms with Crippen LogP contribution in [0.3, 0.4) is 0 Å². The van der Waals surface area contributed by atoms with Gasteiger partial charge in [-0.15, -0.1) is 0 Å². The fraction of sp³-hybridized carbons (Fsp3) is 0.444. The summed E-state index contributed by atoms with van der Waals surface area (Å²) in [4.78, 5) is 0. The quantitative estimate of drug-likeness (QED) is 0.611. The maximum atomic E-state index is 5.74. The molecule has 1 aromatic rings. The molecule has 0 radical (unpaired) electrons. The standard InChI is InChI=1S/C18H26O2Si2/c1-21(2,3)19-15-9-13-17-11-7-8-12-18(17)14-10-16-20-22(4,5)6/h7-8,11-12H,15-16H2,1-6H3. The molecular formula is C18H26O2Si2. The van der Waals surface area contributed by atoms with Gasteiger partial charge in [-0.05, 0) is 51.4 Å². The Labute approximate surface area is 137 Å². The highest BCUT2D eigenvalue weighted by Gasteiger charge is 2.13. The lowest BCUT2D eigenvalue weighted by Crippen LogP contribution is -2.25. The highest BCUT2D eigenvalue weighted by molar-refractivity contribution is 6.70. The van der Waals surface area contributed by atoms with Gasteiger partial charge in [0.15, 0.2) is 16.6 Å². The maximum absolute atomic E-state index is 5.74. The molecule has 0 unspecified atom stereocenters. The second kappa shape index (κ2) is 8.36. The van der Waals surface area contributed by atoms with Gasteiger partial charge in [0, 0.05) is 11.1 Å². The Morgan fingerprint density at radius 2 is 1.09 bits per heavy atom. The minimum atomic E-state index is -1.50. The zero-order valence-electron chi connectivity index (χ0n) is 14.5. The molecule has 0 N–H and O–H groups in total. The van der Waals surface area contributed by atoms with E-state index >= 15 is 0 Å². The molecule has 1 rings (SSSR count). The summed E-state index contributed by atoms with van der Waals surface area (Å²) in [5.74, 6) is 12.5. The Kier molecular flexibility index (Phi) is 7.12. The Hall–Kier alpha value is -1.31. The van der Waals surface area contributed by atoms with E-state index in [0.29, 0.717) is 13.2 Å². The van der Waals surface area contributed by atoms with E-state index in [-0.39, 0.29) is 0 Å². The van der Waals surface area contributed by atoms with E-state index < -0.39 is 16.6 Å². The summed E-state index contributed by atoms with van der Waals surface area (Å²) in [6.07, 6.45) is 0. The second-order valence-electron chi connectivity index (χ2n) is 6.95. The molecule has 0 aliphatic carbocycles. The molecule has 0 spiro atoms. The first-order valence-electron chi connectivity index (χ1n) is 7.52. The largest absolute Gasteiger partial charge is 0.407 e. The van der Waals surface area contributed by atoms with Crippen LogP contribution < -0.4 is 0 Å². The highest BCUT2D eigenvalue weighted by atomic mass is 28.4. The SMILES string of the molecule is C[Si](C)(C)OCC#Cc1ccccc1C#CCO[Si](C)(C)C. The first-order valence-corrected chi connectivity index (χ1v) is 14.3.